The third kappa shape index (κ3) is 3.33. The topological polar surface area (TPSA) is 49.4 Å². The lowest BCUT2D eigenvalue weighted by molar-refractivity contribution is -0.143. The molecule has 23 heavy (non-hydrogen) atoms. The van der Waals surface area contributed by atoms with Crippen molar-refractivity contribution in [3.63, 3.8) is 0 Å². The summed E-state index contributed by atoms with van der Waals surface area (Å²) in [5.74, 6) is 0.203. The van der Waals surface area contributed by atoms with Gasteiger partial charge in [-0.2, -0.15) is 0 Å². The number of carbonyl (C=O) groups is 2. The van der Waals surface area contributed by atoms with E-state index in [1.165, 1.54) is 0 Å². The number of hydrogen-bond acceptors (Lipinski definition) is 2. The van der Waals surface area contributed by atoms with Gasteiger partial charge in [-0.1, -0.05) is 30.1 Å². The molecule has 1 unspecified atom stereocenters. The van der Waals surface area contributed by atoms with E-state index >= 15 is 0 Å². The van der Waals surface area contributed by atoms with Gasteiger partial charge in [0.05, 0.1) is 10.7 Å². The molecule has 1 heterocycles. The van der Waals surface area contributed by atoms with Gasteiger partial charge in [0.1, 0.15) is 5.41 Å². The lowest BCUT2D eigenvalue weighted by Gasteiger charge is -2.33. The van der Waals surface area contributed by atoms with Gasteiger partial charge in [-0.05, 0) is 49.8 Å². The van der Waals surface area contributed by atoms with Crippen molar-refractivity contribution in [3.05, 3.63) is 28.2 Å². The maximum absolute atomic E-state index is 12.8. The molecule has 1 aliphatic heterocycles. The summed E-state index contributed by atoms with van der Waals surface area (Å²) in [5.41, 5.74) is -0.410. The minimum atomic E-state index is -0.903. The van der Waals surface area contributed by atoms with Crippen LogP contribution in [0, 0.1) is 11.3 Å². The first-order valence-corrected chi connectivity index (χ1v) is 8.74. The third-order valence-corrected chi connectivity index (χ3v) is 5.27. The molecule has 1 aromatic rings. The molecule has 0 spiro atoms. The van der Waals surface area contributed by atoms with Crippen molar-refractivity contribution >= 4 is 40.7 Å². The van der Waals surface area contributed by atoms with E-state index in [9.17, 15) is 9.59 Å². The van der Waals surface area contributed by atoms with Gasteiger partial charge in [0.25, 0.3) is 0 Å². The molecule has 3 rings (SSSR count). The Labute approximate surface area is 146 Å². The zero-order chi connectivity index (χ0) is 16.6. The zero-order valence-electron chi connectivity index (χ0n) is 13.1. The maximum Gasteiger partial charge on any atom is 0.240 e. The van der Waals surface area contributed by atoms with Crippen LogP contribution in [0.2, 0.25) is 10.0 Å². The van der Waals surface area contributed by atoms with Crippen molar-refractivity contribution in [2.24, 2.45) is 11.3 Å². The molecular formula is C17H20Cl2N2O2. The first-order chi connectivity index (χ1) is 10.9. The van der Waals surface area contributed by atoms with Crippen molar-refractivity contribution in [2.45, 2.75) is 32.6 Å². The molecule has 124 valence electrons. The number of nitrogens with one attached hydrogen (secondary N) is 1. The van der Waals surface area contributed by atoms with Crippen LogP contribution in [0.15, 0.2) is 18.2 Å². The fourth-order valence-electron chi connectivity index (χ4n) is 3.17. The molecule has 2 fully saturated rings. The van der Waals surface area contributed by atoms with E-state index in [0.717, 1.165) is 25.9 Å². The number of hydrogen-bond donors (Lipinski definition) is 1. The number of piperidine rings is 1. The fraction of sp³-hybridized carbons (Fsp3) is 0.529. The van der Waals surface area contributed by atoms with Gasteiger partial charge >= 0.3 is 0 Å². The Hall–Kier alpha value is -1.26. The predicted molar refractivity (Wildman–Crippen MR) is 91.7 cm³/mol. The molecule has 6 heteroatoms. The maximum atomic E-state index is 12.8. The summed E-state index contributed by atoms with van der Waals surface area (Å²) < 4.78 is 0. The normalized spacial score (nSPS) is 22.6. The van der Waals surface area contributed by atoms with Crippen LogP contribution < -0.4 is 5.32 Å². The second-order valence-corrected chi connectivity index (χ2v) is 7.50. The Bertz CT molecular complexity index is 643. The highest BCUT2D eigenvalue weighted by Crippen LogP contribution is 2.49. The molecule has 0 bridgehead atoms. The first-order valence-electron chi connectivity index (χ1n) is 7.98. The largest absolute Gasteiger partial charge is 0.342 e. The lowest BCUT2D eigenvalue weighted by Crippen LogP contribution is -2.46. The summed E-state index contributed by atoms with van der Waals surface area (Å²) in [6.45, 7) is 3.64. The lowest BCUT2D eigenvalue weighted by atomic mass is 9.96. The molecule has 2 amide bonds. The summed E-state index contributed by atoms with van der Waals surface area (Å²) in [4.78, 5) is 27.3. The van der Waals surface area contributed by atoms with Crippen LogP contribution in [-0.4, -0.2) is 29.8 Å². The molecule has 1 atom stereocenters. The van der Waals surface area contributed by atoms with Crippen LogP contribution >= 0.6 is 23.2 Å². The first kappa shape index (κ1) is 16.6. The van der Waals surface area contributed by atoms with Crippen LogP contribution in [0.5, 0.6) is 0 Å². The quantitative estimate of drug-likeness (QED) is 0.834. The Balaban J connectivity index is 1.72. The van der Waals surface area contributed by atoms with Crippen LogP contribution in [0.1, 0.15) is 32.6 Å². The van der Waals surface area contributed by atoms with E-state index in [1.807, 2.05) is 4.90 Å². The number of benzene rings is 1. The molecule has 1 N–H and O–H groups in total. The Morgan fingerprint density at radius 2 is 2.04 bits per heavy atom. The van der Waals surface area contributed by atoms with Gasteiger partial charge in [0, 0.05) is 18.1 Å². The highest BCUT2D eigenvalue weighted by atomic mass is 35.5. The highest BCUT2D eigenvalue weighted by molar-refractivity contribution is 6.36. The van der Waals surface area contributed by atoms with Crippen molar-refractivity contribution in [3.8, 4) is 0 Å². The number of rotatable bonds is 3. The summed E-state index contributed by atoms with van der Waals surface area (Å²) in [5, 5.41) is 3.68. The summed E-state index contributed by atoms with van der Waals surface area (Å²) in [6.07, 6.45) is 3.36. The summed E-state index contributed by atoms with van der Waals surface area (Å²) in [7, 11) is 0. The van der Waals surface area contributed by atoms with E-state index in [1.54, 1.807) is 18.2 Å². The fourth-order valence-corrected chi connectivity index (χ4v) is 3.63. The van der Waals surface area contributed by atoms with E-state index < -0.39 is 5.41 Å². The predicted octanol–water partition coefficient (Wildman–Crippen LogP) is 3.97. The van der Waals surface area contributed by atoms with Gasteiger partial charge in [-0.15, -0.1) is 0 Å². The molecule has 0 radical (unpaired) electrons. The van der Waals surface area contributed by atoms with Crippen molar-refractivity contribution in [2.75, 3.05) is 18.4 Å². The Kier molecular flexibility index (Phi) is 4.56. The van der Waals surface area contributed by atoms with Crippen molar-refractivity contribution in [1.29, 1.82) is 0 Å². The Morgan fingerprint density at radius 1 is 1.30 bits per heavy atom. The van der Waals surface area contributed by atoms with Gasteiger partial charge in [-0.3, -0.25) is 9.59 Å². The van der Waals surface area contributed by atoms with Crippen molar-refractivity contribution < 1.29 is 9.59 Å². The number of halogens is 2. The van der Waals surface area contributed by atoms with Crippen molar-refractivity contribution in [1.82, 2.24) is 4.90 Å². The van der Waals surface area contributed by atoms with E-state index in [0.29, 0.717) is 34.5 Å². The molecular weight excluding hydrogens is 335 g/mol. The van der Waals surface area contributed by atoms with Crippen LogP contribution in [0.25, 0.3) is 0 Å². The van der Waals surface area contributed by atoms with E-state index in [2.05, 4.69) is 12.2 Å². The minimum absolute atomic E-state index is 0.0355. The van der Waals surface area contributed by atoms with Crippen LogP contribution in [-0.2, 0) is 9.59 Å². The average Bonchev–Trinajstić information content (AvgIpc) is 3.31. The molecule has 2 aliphatic rings. The number of likely N-dealkylation sites (tertiary alicyclic amines) is 1. The smallest absolute Gasteiger partial charge is 0.240 e. The molecule has 4 nitrogen and oxygen atoms in total. The Morgan fingerprint density at radius 3 is 2.65 bits per heavy atom. The monoisotopic (exact) mass is 354 g/mol. The van der Waals surface area contributed by atoms with Gasteiger partial charge in [-0.25, -0.2) is 0 Å². The zero-order valence-corrected chi connectivity index (χ0v) is 14.6. The van der Waals surface area contributed by atoms with E-state index in [4.69, 9.17) is 23.2 Å². The van der Waals surface area contributed by atoms with Gasteiger partial charge in [0.15, 0.2) is 0 Å². The number of anilines is 1. The molecule has 1 saturated carbocycles. The second-order valence-electron chi connectivity index (χ2n) is 6.66. The van der Waals surface area contributed by atoms with E-state index in [-0.39, 0.29) is 11.8 Å². The van der Waals surface area contributed by atoms with Gasteiger partial charge < -0.3 is 10.2 Å². The molecule has 1 aliphatic carbocycles. The molecule has 0 aromatic heterocycles. The SMILES string of the molecule is CC1CCCN(C(=O)C2(C(=O)Nc3ccc(Cl)cc3Cl)CC2)C1. The highest BCUT2D eigenvalue weighted by Gasteiger charge is 2.58. The molecule has 1 saturated heterocycles. The summed E-state index contributed by atoms with van der Waals surface area (Å²) in [6, 6.07) is 4.90. The van der Waals surface area contributed by atoms with Gasteiger partial charge in [0.2, 0.25) is 11.8 Å². The minimum Gasteiger partial charge on any atom is -0.342 e. The standard InChI is InChI=1S/C17H20Cl2N2O2/c1-11-3-2-8-21(10-11)16(23)17(6-7-17)15(22)20-14-5-4-12(18)9-13(14)19/h4-5,9,11H,2-3,6-8,10H2,1H3,(H,20,22). The number of amides is 2. The third-order valence-electron chi connectivity index (χ3n) is 4.72. The number of carbonyl (C=O) groups excluding carboxylic acids is 2. The average molecular weight is 355 g/mol. The van der Waals surface area contributed by atoms with Crippen LogP contribution in [0.4, 0.5) is 5.69 Å². The molecule has 1 aromatic carbocycles. The summed E-state index contributed by atoms with van der Waals surface area (Å²) >= 11 is 12.0. The number of nitrogens with zero attached hydrogens (tertiary/aromatic N) is 1. The van der Waals surface area contributed by atoms with Crippen LogP contribution in [0.3, 0.4) is 0 Å². The second kappa shape index (κ2) is 6.33.